The van der Waals surface area contributed by atoms with Gasteiger partial charge in [-0.15, -0.1) is 11.8 Å². The molecule has 114 valence electrons. The largest absolute Gasteiger partial charge is 0.380 e. The van der Waals surface area contributed by atoms with Gasteiger partial charge >= 0.3 is 0 Å². The van der Waals surface area contributed by atoms with Crippen LogP contribution in [0.2, 0.25) is 0 Å². The van der Waals surface area contributed by atoms with Gasteiger partial charge in [-0.2, -0.15) is 0 Å². The molecule has 0 aliphatic carbocycles. The van der Waals surface area contributed by atoms with Gasteiger partial charge in [0.2, 0.25) is 0 Å². The Morgan fingerprint density at radius 2 is 1.95 bits per heavy atom. The summed E-state index contributed by atoms with van der Waals surface area (Å²) >= 11 is 1.16. The second-order valence-electron chi connectivity index (χ2n) is 5.11. The highest BCUT2D eigenvalue weighted by atomic mass is 32.2. The molecule has 1 aromatic carbocycles. The van der Waals surface area contributed by atoms with Crippen LogP contribution in [0.3, 0.4) is 0 Å². The molecule has 21 heavy (non-hydrogen) atoms. The van der Waals surface area contributed by atoms with Crippen LogP contribution in [0.5, 0.6) is 0 Å². The molecule has 2 rings (SSSR count). The van der Waals surface area contributed by atoms with Crippen molar-refractivity contribution in [1.29, 1.82) is 0 Å². The van der Waals surface area contributed by atoms with Crippen LogP contribution in [0.4, 0.5) is 0 Å². The van der Waals surface area contributed by atoms with E-state index >= 15 is 0 Å². The van der Waals surface area contributed by atoms with Crippen LogP contribution in [0, 0.1) is 0 Å². The van der Waals surface area contributed by atoms with Crippen LogP contribution >= 0.6 is 11.8 Å². The van der Waals surface area contributed by atoms with Crippen LogP contribution < -0.4 is 5.48 Å². The molecule has 1 heterocycles. The normalized spacial score (nSPS) is 23.9. The number of hydrogen-bond acceptors (Lipinski definition) is 5. The fraction of sp³-hybridized carbons (Fsp3) is 0.429. The molecule has 6 nitrogen and oxygen atoms in total. The first-order chi connectivity index (χ1) is 9.88. The van der Waals surface area contributed by atoms with Crippen molar-refractivity contribution in [1.82, 2.24) is 10.4 Å². The number of benzene rings is 1. The summed E-state index contributed by atoms with van der Waals surface area (Å²) in [5, 5.41) is 10.1. The summed E-state index contributed by atoms with van der Waals surface area (Å²) in [5.41, 5.74) is 1.64. The van der Waals surface area contributed by atoms with Crippen molar-refractivity contribution in [2.75, 3.05) is 7.11 Å². The van der Waals surface area contributed by atoms with Gasteiger partial charge in [-0.1, -0.05) is 18.2 Å². The maximum atomic E-state index is 12.7. The smallest absolute Gasteiger partial charge is 0.269 e. The molecular weight excluding hydrogens is 292 g/mol. The number of aliphatic hydroxyl groups is 1. The topological polar surface area (TPSA) is 78.9 Å². The SMILES string of the molecule is CONC(=O)[C@@H]1[C@@H](O)SC(C)(C)N1C(=O)c1ccccc1. The van der Waals surface area contributed by atoms with Crippen LogP contribution in [-0.2, 0) is 9.63 Å². The van der Waals surface area contributed by atoms with E-state index in [-0.39, 0.29) is 5.91 Å². The molecule has 1 aliphatic rings. The minimum Gasteiger partial charge on any atom is -0.380 e. The lowest BCUT2D eigenvalue weighted by Gasteiger charge is -2.33. The predicted molar refractivity (Wildman–Crippen MR) is 79.2 cm³/mol. The lowest BCUT2D eigenvalue weighted by Crippen LogP contribution is -2.54. The molecule has 2 atom stereocenters. The Labute approximate surface area is 127 Å². The van der Waals surface area contributed by atoms with Crippen molar-refractivity contribution in [3.05, 3.63) is 35.9 Å². The number of aliphatic hydroxyl groups excluding tert-OH is 1. The molecule has 2 amide bonds. The average molecular weight is 310 g/mol. The number of carbonyl (C=O) groups excluding carboxylic acids is 2. The summed E-state index contributed by atoms with van der Waals surface area (Å²) in [6.07, 6.45) is 0. The molecule has 0 bridgehead atoms. The van der Waals surface area contributed by atoms with Crippen LogP contribution in [-0.4, -0.2) is 45.3 Å². The highest BCUT2D eigenvalue weighted by Gasteiger charge is 2.52. The van der Waals surface area contributed by atoms with Gasteiger partial charge < -0.3 is 10.0 Å². The van der Waals surface area contributed by atoms with E-state index in [9.17, 15) is 14.7 Å². The first kappa shape index (κ1) is 15.8. The van der Waals surface area contributed by atoms with Gasteiger partial charge in [-0.05, 0) is 26.0 Å². The van der Waals surface area contributed by atoms with Crippen molar-refractivity contribution in [2.24, 2.45) is 0 Å². The fourth-order valence-corrected chi connectivity index (χ4v) is 3.65. The molecule has 0 radical (unpaired) electrons. The zero-order valence-electron chi connectivity index (χ0n) is 12.1. The number of thioether (sulfide) groups is 1. The van der Waals surface area contributed by atoms with E-state index in [2.05, 4.69) is 10.3 Å². The Bertz CT molecular complexity index is 535. The van der Waals surface area contributed by atoms with E-state index in [1.165, 1.54) is 12.0 Å². The summed E-state index contributed by atoms with van der Waals surface area (Å²) < 4.78 is 0. The lowest BCUT2D eigenvalue weighted by atomic mass is 10.1. The summed E-state index contributed by atoms with van der Waals surface area (Å²) in [7, 11) is 1.31. The first-order valence-corrected chi connectivity index (χ1v) is 7.34. The average Bonchev–Trinajstić information content (AvgIpc) is 2.68. The standard InChI is InChI=1S/C14H18N2O4S/c1-14(2)16(12(18)9-7-5-4-6-8-9)10(13(19)21-14)11(17)15-20-3/h4-8,10,13,19H,1-3H3,(H,15,17)/t10-,13+/m1/s1. The molecular formula is C14H18N2O4S. The van der Waals surface area contributed by atoms with Crippen molar-refractivity contribution in [2.45, 2.75) is 30.2 Å². The van der Waals surface area contributed by atoms with E-state index in [4.69, 9.17) is 0 Å². The summed E-state index contributed by atoms with van der Waals surface area (Å²) in [6.45, 7) is 3.59. The van der Waals surface area contributed by atoms with Crippen molar-refractivity contribution >= 4 is 23.6 Å². The number of nitrogens with zero attached hydrogens (tertiary/aromatic N) is 1. The monoisotopic (exact) mass is 310 g/mol. The van der Waals surface area contributed by atoms with Gasteiger partial charge in [0.1, 0.15) is 11.5 Å². The third-order valence-electron chi connectivity index (χ3n) is 3.25. The van der Waals surface area contributed by atoms with Crippen LogP contribution in [0.15, 0.2) is 30.3 Å². The molecule has 1 saturated heterocycles. The first-order valence-electron chi connectivity index (χ1n) is 6.46. The number of hydroxylamine groups is 1. The minimum absolute atomic E-state index is 0.305. The number of rotatable bonds is 3. The number of nitrogens with one attached hydrogen (secondary N) is 1. The highest BCUT2D eigenvalue weighted by molar-refractivity contribution is 8.01. The third kappa shape index (κ3) is 3.04. The molecule has 7 heteroatoms. The zero-order chi connectivity index (χ0) is 15.6. The van der Waals surface area contributed by atoms with Crippen molar-refractivity contribution in [3.63, 3.8) is 0 Å². The van der Waals surface area contributed by atoms with E-state index in [0.717, 1.165) is 11.8 Å². The third-order valence-corrected chi connectivity index (χ3v) is 4.52. The number of carbonyl (C=O) groups is 2. The highest BCUT2D eigenvalue weighted by Crippen LogP contribution is 2.43. The van der Waals surface area contributed by atoms with E-state index in [0.29, 0.717) is 5.56 Å². The molecule has 0 spiro atoms. The van der Waals surface area contributed by atoms with Gasteiger partial charge in [0.15, 0.2) is 0 Å². The molecule has 0 aromatic heterocycles. The Kier molecular flexibility index (Phi) is 4.55. The number of amides is 2. The van der Waals surface area contributed by atoms with Crippen LogP contribution in [0.25, 0.3) is 0 Å². The second kappa shape index (κ2) is 6.05. The minimum atomic E-state index is -1.01. The summed E-state index contributed by atoms with van der Waals surface area (Å²) in [5.74, 6) is -0.853. The van der Waals surface area contributed by atoms with E-state index < -0.39 is 22.3 Å². The Balaban J connectivity index is 2.36. The van der Waals surface area contributed by atoms with Gasteiger partial charge in [-0.25, -0.2) is 5.48 Å². The van der Waals surface area contributed by atoms with Gasteiger partial charge in [-0.3, -0.25) is 14.4 Å². The molecule has 0 saturated carbocycles. The number of hydrogen-bond donors (Lipinski definition) is 2. The Morgan fingerprint density at radius 3 is 2.52 bits per heavy atom. The maximum absolute atomic E-state index is 12.7. The summed E-state index contributed by atoms with van der Waals surface area (Å²) in [6, 6.07) is 7.68. The fourth-order valence-electron chi connectivity index (χ4n) is 2.38. The van der Waals surface area contributed by atoms with Gasteiger partial charge in [0.25, 0.3) is 11.8 Å². The quantitative estimate of drug-likeness (QED) is 0.814. The van der Waals surface area contributed by atoms with Crippen molar-refractivity contribution < 1.29 is 19.5 Å². The molecule has 1 aliphatic heterocycles. The molecule has 1 aromatic rings. The predicted octanol–water partition coefficient (Wildman–Crippen LogP) is 0.976. The van der Waals surface area contributed by atoms with E-state index in [1.54, 1.807) is 38.1 Å². The Morgan fingerprint density at radius 1 is 1.33 bits per heavy atom. The van der Waals surface area contributed by atoms with Gasteiger partial charge in [0.05, 0.1) is 12.0 Å². The van der Waals surface area contributed by atoms with E-state index in [1.807, 2.05) is 6.07 Å². The molecule has 2 N–H and O–H groups in total. The molecule has 1 fully saturated rings. The molecule has 0 unspecified atom stereocenters. The second-order valence-corrected chi connectivity index (χ2v) is 6.83. The van der Waals surface area contributed by atoms with Gasteiger partial charge in [0, 0.05) is 5.56 Å². The van der Waals surface area contributed by atoms with Crippen molar-refractivity contribution in [3.8, 4) is 0 Å². The van der Waals surface area contributed by atoms with Crippen LogP contribution in [0.1, 0.15) is 24.2 Å². The summed E-state index contributed by atoms with van der Waals surface area (Å²) in [4.78, 5) is 30.1. The Hall–Kier alpha value is -1.57. The lowest BCUT2D eigenvalue weighted by molar-refractivity contribution is -0.138. The maximum Gasteiger partial charge on any atom is 0.269 e. The zero-order valence-corrected chi connectivity index (χ0v) is 12.9.